The molecule has 6 nitrogen and oxygen atoms in total. The summed E-state index contributed by atoms with van der Waals surface area (Å²) in [6.07, 6.45) is 11.1. The van der Waals surface area contributed by atoms with Crippen molar-refractivity contribution in [1.82, 2.24) is 14.8 Å². The van der Waals surface area contributed by atoms with Gasteiger partial charge in [-0.15, -0.1) is 0 Å². The average Bonchev–Trinajstić information content (AvgIpc) is 3.43. The summed E-state index contributed by atoms with van der Waals surface area (Å²) in [5.74, 6) is -1.00. The van der Waals surface area contributed by atoms with Gasteiger partial charge in [-0.3, -0.25) is 14.6 Å². The molecule has 5 rings (SSSR count). The fraction of sp³-hybridized carbons (Fsp3) is 0.320. The van der Waals surface area contributed by atoms with Crippen molar-refractivity contribution in [3.63, 3.8) is 0 Å². The van der Waals surface area contributed by atoms with Crippen molar-refractivity contribution in [3.05, 3.63) is 84.2 Å². The number of nitrogens with zero attached hydrogens (tertiary/aromatic N) is 3. The van der Waals surface area contributed by atoms with Crippen molar-refractivity contribution in [1.29, 1.82) is 0 Å². The highest BCUT2D eigenvalue weighted by Gasteiger charge is 2.67. The van der Waals surface area contributed by atoms with Gasteiger partial charge in [0.05, 0.1) is 24.5 Å². The van der Waals surface area contributed by atoms with Gasteiger partial charge in [0.1, 0.15) is 5.60 Å². The van der Waals surface area contributed by atoms with E-state index in [-0.39, 0.29) is 17.9 Å². The Morgan fingerprint density at radius 1 is 1.29 bits per heavy atom. The Kier molecular flexibility index (Phi) is 4.94. The summed E-state index contributed by atoms with van der Waals surface area (Å²) >= 11 is 0. The zero-order valence-corrected chi connectivity index (χ0v) is 17.4. The van der Waals surface area contributed by atoms with E-state index in [1.165, 1.54) is 0 Å². The lowest BCUT2D eigenvalue weighted by atomic mass is 9.76. The molecule has 6 heteroatoms. The number of hydrogen-bond donors (Lipinski definition) is 0. The van der Waals surface area contributed by atoms with Crippen molar-refractivity contribution in [2.75, 3.05) is 20.1 Å². The molecule has 1 spiro atoms. The standard InChI is InChI=1S/C25H25N3O3/c1-27(14-6-10-18-7-3-2-4-8-18)23(29)21-20-11-12-25(31-20)17-28(24(30)22(21)25)16-19-9-5-13-26-15-19/h2-13,15,20-22H,14,16-17H2,1H3/b10-6+/t20-,21-,22-,25-/m0/s1. The topological polar surface area (TPSA) is 62.7 Å². The first-order chi connectivity index (χ1) is 15.1. The summed E-state index contributed by atoms with van der Waals surface area (Å²) in [5, 5.41) is 0. The molecule has 0 radical (unpaired) electrons. The number of likely N-dealkylation sites (tertiary alicyclic amines) is 1. The quantitative estimate of drug-likeness (QED) is 0.681. The molecule has 0 N–H and O–H groups in total. The Hall–Kier alpha value is -3.25. The van der Waals surface area contributed by atoms with E-state index in [0.29, 0.717) is 19.6 Å². The molecule has 4 heterocycles. The van der Waals surface area contributed by atoms with Crippen LogP contribution in [0.4, 0.5) is 0 Å². The van der Waals surface area contributed by atoms with Crippen LogP contribution in [0, 0.1) is 11.8 Å². The number of amides is 2. The van der Waals surface area contributed by atoms with Crippen LogP contribution >= 0.6 is 0 Å². The number of fused-ring (bicyclic) bond motifs is 1. The second kappa shape index (κ2) is 7.78. The van der Waals surface area contributed by atoms with Gasteiger partial charge in [0, 0.05) is 32.5 Å². The van der Waals surface area contributed by atoms with E-state index in [9.17, 15) is 9.59 Å². The summed E-state index contributed by atoms with van der Waals surface area (Å²) in [7, 11) is 1.78. The summed E-state index contributed by atoms with van der Waals surface area (Å²) in [4.78, 5) is 34.3. The zero-order valence-electron chi connectivity index (χ0n) is 17.4. The van der Waals surface area contributed by atoms with Crippen LogP contribution in [-0.2, 0) is 20.9 Å². The molecule has 158 valence electrons. The lowest BCUT2D eigenvalue weighted by Gasteiger charge is -2.27. The van der Waals surface area contributed by atoms with Crippen molar-refractivity contribution < 1.29 is 14.3 Å². The van der Waals surface area contributed by atoms with Gasteiger partial charge in [0.25, 0.3) is 0 Å². The highest BCUT2D eigenvalue weighted by molar-refractivity contribution is 5.93. The number of hydrogen-bond acceptors (Lipinski definition) is 4. The van der Waals surface area contributed by atoms with E-state index < -0.39 is 17.4 Å². The SMILES string of the molecule is CN(C/C=C/c1ccccc1)C(=O)[C@H]1[C@@H]2C=C[C@@]3(CN(Cc4cccnc4)C(=O)[C@H]13)O2. The third-order valence-corrected chi connectivity index (χ3v) is 6.43. The summed E-state index contributed by atoms with van der Waals surface area (Å²) in [5.41, 5.74) is 1.37. The maximum Gasteiger partial charge on any atom is 0.230 e. The smallest absolute Gasteiger partial charge is 0.230 e. The van der Waals surface area contributed by atoms with Crippen LogP contribution in [0.25, 0.3) is 6.08 Å². The Bertz CT molecular complexity index is 1040. The highest BCUT2D eigenvalue weighted by Crippen LogP contribution is 2.52. The molecule has 2 fully saturated rings. The normalized spacial score (nSPS) is 28.5. The fourth-order valence-corrected chi connectivity index (χ4v) is 4.96. The van der Waals surface area contributed by atoms with Crippen LogP contribution < -0.4 is 0 Å². The molecule has 2 amide bonds. The van der Waals surface area contributed by atoms with Crippen molar-refractivity contribution in [3.8, 4) is 0 Å². The predicted octanol–water partition coefficient (Wildman–Crippen LogP) is 2.54. The molecule has 3 aliphatic rings. The molecule has 31 heavy (non-hydrogen) atoms. The molecule has 0 saturated carbocycles. The first-order valence-corrected chi connectivity index (χ1v) is 10.6. The number of rotatable bonds is 6. The Morgan fingerprint density at radius 2 is 2.13 bits per heavy atom. The Labute approximate surface area is 181 Å². The van der Waals surface area contributed by atoms with Gasteiger partial charge in [0.15, 0.2) is 0 Å². The van der Waals surface area contributed by atoms with E-state index in [0.717, 1.165) is 11.1 Å². The number of benzene rings is 1. The van der Waals surface area contributed by atoms with Crippen LogP contribution in [0.3, 0.4) is 0 Å². The molecule has 0 aliphatic carbocycles. The third-order valence-electron chi connectivity index (χ3n) is 6.43. The second-order valence-electron chi connectivity index (χ2n) is 8.49. The molecule has 1 aromatic heterocycles. The summed E-state index contributed by atoms with van der Waals surface area (Å²) in [6.45, 7) is 1.43. The third kappa shape index (κ3) is 3.47. The zero-order chi connectivity index (χ0) is 21.4. The molecule has 3 aliphatic heterocycles. The number of aromatic nitrogens is 1. The molecule has 2 saturated heterocycles. The van der Waals surface area contributed by atoms with Gasteiger partial charge in [-0.05, 0) is 17.2 Å². The van der Waals surface area contributed by atoms with Crippen LogP contribution in [0.1, 0.15) is 11.1 Å². The molecule has 0 unspecified atom stereocenters. The number of carbonyl (C=O) groups is 2. The van der Waals surface area contributed by atoms with Crippen molar-refractivity contribution in [2.24, 2.45) is 11.8 Å². The van der Waals surface area contributed by atoms with Gasteiger partial charge in [-0.1, -0.05) is 60.7 Å². The minimum absolute atomic E-state index is 0.0118. The molecule has 2 bridgehead atoms. The summed E-state index contributed by atoms with van der Waals surface area (Å²) in [6, 6.07) is 13.8. The minimum Gasteiger partial charge on any atom is -0.360 e. The van der Waals surface area contributed by atoms with E-state index in [4.69, 9.17) is 4.74 Å². The van der Waals surface area contributed by atoms with Crippen LogP contribution in [0.5, 0.6) is 0 Å². The largest absolute Gasteiger partial charge is 0.360 e. The maximum absolute atomic E-state index is 13.3. The predicted molar refractivity (Wildman–Crippen MR) is 116 cm³/mol. The number of carbonyl (C=O) groups excluding carboxylic acids is 2. The van der Waals surface area contributed by atoms with E-state index >= 15 is 0 Å². The molecular formula is C25H25N3O3. The number of pyridine rings is 1. The number of ether oxygens (including phenoxy) is 1. The van der Waals surface area contributed by atoms with Crippen LogP contribution in [0.2, 0.25) is 0 Å². The molecule has 1 aromatic carbocycles. The van der Waals surface area contributed by atoms with Gasteiger partial charge in [-0.2, -0.15) is 0 Å². The van der Waals surface area contributed by atoms with Crippen molar-refractivity contribution >= 4 is 17.9 Å². The fourth-order valence-electron chi connectivity index (χ4n) is 4.96. The maximum atomic E-state index is 13.3. The molecule has 2 aromatic rings. The number of likely N-dealkylation sites (N-methyl/N-ethyl adjacent to an activating group) is 1. The minimum atomic E-state index is -0.689. The van der Waals surface area contributed by atoms with Gasteiger partial charge < -0.3 is 14.5 Å². The molecular weight excluding hydrogens is 390 g/mol. The Balaban J connectivity index is 1.30. The first kappa shape index (κ1) is 19.7. The van der Waals surface area contributed by atoms with E-state index in [2.05, 4.69) is 4.98 Å². The van der Waals surface area contributed by atoms with E-state index in [1.807, 2.05) is 66.8 Å². The Morgan fingerprint density at radius 3 is 2.90 bits per heavy atom. The first-order valence-electron chi connectivity index (χ1n) is 10.6. The average molecular weight is 415 g/mol. The van der Waals surface area contributed by atoms with Gasteiger partial charge in [0.2, 0.25) is 11.8 Å². The summed E-state index contributed by atoms with van der Waals surface area (Å²) < 4.78 is 6.23. The lowest BCUT2D eigenvalue weighted by molar-refractivity contribution is -0.142. The lowest BCUT2D eigenvalue weighted by Crippen LogP contribution is -2.44. The van der Waals surface area contributed by atoms with E-state index in [1.54, 1.807) is 29.2 Å². The van der Waals surface area contributed by atoms with Crippen LogP contribution in [-0.4, -0.2) is 58.4 Å². The van der Waals surface area contributed by atoms with Crippen molar-refractivity contribution in [2.45, 2.75) is 18.2 Å². The second-order valence-corrected chi connectivity index (χ2v) is 8.49. The van der Waals surface area contributed by atoms with Gasteiger partial charge in [-0.25, -0.2) is 0 Å². The highest BCUT2D eigenvalue weighted by atomic mass is 16.5. The van der Waals surface area contributed by atoms with Gasteiger partial charge >= 0.3 is 0 Å². The monoisotopic (exact) mass is 415 g/mol. The molecule has 4 atom stereocenters. The van der Waals surface area contributed by atoms with Crippen LogP contribution in [0.15, 0.2) is 73.1 Å².